The molecule has 0 unspecified atom stereocenters. The van der Waals surface area contributed by atoms with Crippen molar-refractivity contribution in [1.82, 2.24) is 15.0 Å². The van der Waals surface area contributed by atoms with Gasteiger partial charge in [0, 0.05) is 32.9 Å². The van der Waals surface area contributed by atoms with Crippen LogP contribution in [0.3, 0.4) is 0 Å². The van der Waals surface area contributed by atoms with Crippen molar-refractivity contribution in [1.29, 1.82) is 0 Å². The van der Waals surface area contributed by atoms with Gasteiger partial charge in [-0.25, -0.2) is 15.0 Å². The van der Waals surface area contributed by atoms with Crippen LogP contribution in [-0.4, -0.2) is 15.0 Å². The molecule has 0 fully saturated rings. The predicted octanol–water partition coefficient (Wildman–Crippen LogP) is 14.7. The van der Waals surface area contributed by atoms with Crippen molar-refractivity contribution < 1.29 is 4.42 Å². The fraction of sp³-hybridized carbons (Fsp3) is 0.0536. The SMILES string of the molecule is CC1(C)c2ccccc2-c2ccc(-c3nc(-c4ccccc4)nc(-c4cccc(-c5cccc6oc7ccc(-c8ccc9ccc%10ccccc%10c9c8)cc7c56)c4)n3)cc21. The van der Waals surface area contributed by atoms with Gasteiger partial charge in [0.15, 0.2) is 17.5 Å². The topological polar surface area (TPSA) is 51.8 Å². The van der Waals surface area contributed by atoms with Gasteiger partial charge in [0.25, 0.3) is 0 Å². The van der Waals surface area contributed by atoms with Crippen LogP contribution in [0.4, 0.5) is 0 Å². The molecule has 60 heavy (non-hydrogen) atoms. The Balaban J connectivity index is 0.982. The molecule has 0 aliphatic heterocycles. The van der Waals surface area contributed by atoms with Crippen LogP contribution in [0.1, 0.15) is 25.0 Å². The summed E-state index contributed by atoms with van der Waals surface area (Å²) < 4.78 is 6.51. The van der Waals surface area contributed by atoms with Crippen molar-refractivity contribution >= 4 is 43.5 Å². The fourth-order valence-corrected chi connectivity index (χ4v) is 9.45. The lowest BCUT2D eigenvalue weighted by atomic mass is 9.82. The van der Waals surface area contributed by atoms with Gasteiger partial charge in [0.2, 0.25) is 0 Å². The maximum absolute atomic E-state index is 6.51. The second kappa shape index (κ2) is 13.2. The van der Waals surface area contributed by atoms with Crippen LogP contribution < -0.4 is 0 Å². The molecule has 12 rings (SSSR count). The second-order valence-electron chi connectivity index (χ2n) is 16.4. The second-order valence-corrected chi connectivity index (χ2v) is 16.4. The molecule has 282 valence electrons. The number of aromatic nitrogens is 3. The zero-order valence-corrected chi connectivity index (χ0v) is 33.1. The predicted molar refractivity (Wildman–Crippen MR) is 247 cm³/mol. The van der Waals surface area contributed by atoms with Crippen molar-refractivity contribution in [2.75, 3.05) is 0 Å². The Bertz CT molecular complexity index is 3530. The van der Waals surface area contributed by atoms with Gasteiger partial charge >= 0.3 is 0 Å². The number of fused-ring (bicyclic) bond motifs is 9. The zero-order valence-electron chi connectivity index (χ0n) is 33.1. The molecule has 4 heteroatoms. The van der Waals surface area contributed by atoms with Crippen LogP contribution in [0.2, 0.25) is 0 Å². The van der Waals surface area contributed by atoms with E-state index in [4.69, 9.17) is 19.4 Å². The van der Waals surface area contributed by atoms with Crippen LogP contribution in [-0.2, 0) is 5.41 Å². The number of hydrogen-bond acceptors (Lipinski definition) is 4. The third-order valence-corrected chi connectivity index (χ3v) is 12.5. The molecule has 4 nitrogen and oxygen atoms in total. The molecule has 1 aliphatic rings. The van der Waals surface area contributed by atoms with Gasteiger partial charge in [-0.3, -0.25) is 0 Å². The molecule has 9 aromatic carbocycles. The molecule has 0 saturated carbocycles. The maximum Gasteiger partial charge on any atom is 0.164 e. The fourth-order valence-electron chi connectivity index (χ4n) is 9.45. The standard InChI is InChI=1S/C56H37N3O/c1-56(2)48-20-9-8-18-44(48)45-28-26-41(33-49(45)56)55-58-53(36-13-4-3-5-14-36)57-54(59-55)40-16-10-15-39(30-40)43-19-11-21-51-52(43)47-32-38(27-29-50(47)60-51)37-25-24-35-23-22-34-12-6-7-17-42(34)46(35)31-37/h3-33H,1-2H3. The summed E-state index contributed by atoms with van der Waals surface area (Å²) in [4.78, 5) is 15.4. The van der Waals surface area contributed by atoms with Gasteiger partial charge in [0.1, 0.15) is 11.2 Å². The number of rotatable bonds is 5. The Morgan fingerprint density at radius 3 is 1.78 bits per heavy atom. The average molecular weight is 768 g/mol. The lowest BCUT2D eigenvalue weighted by Crippen LogP contribution is -2.15. The van der Waals surface area contributed by atoms with Crippen LogP contribution in [0, 0.1) is 0 Å². The molecule has 1 aliphatic carbocycles. The molecule has 0 radical (unpaired) electrons. The molecule has 0 bridgehead atoms. The van der Waals surface area contributed by atoms with Gasteiger partial charge < -0.3 is 4.42 Å². The first-order valence-electron chi connectivity index (χ1n) is 20.5. The Hall–Kier alpha value is -7.69. The zero-order chi connectivity index (χ0) is 40.0. The van der Waals surface area contributed by atoms with Crippen LogP contribution >= 0.6 is 0 Å². The smallest absolute Gasteiger partial charge is 0.164 e. The highest BCUT2D eigenvalue weighted by molar-refractivity contribution is 6.14. The van der Waals surface area contributed by atoms with Crippen LogP contribution in [0.15, 0.2) is 192 Å². The third kappa shape index (κ3) is 5.41. The van der Waals surface area contributed by atoms with Crippen molar-refractivity contribution in [3.05, 3.63) is 199 Å². The lowest BCUT2D eigenvalue weighted by Gasteiger charge is -2.21. The van der Waals surface area contributed by atoms with Crippen molar-refractivity contribution in [3.8, 4) is 67.5 Å². The van der Waals surface area contributed by atoms with Crippen molar-refractivity contribution in [2.45, 2.75) is 19.3 Å². The van der Waals surface area contributed by atoms with E-state index in [0.29, 0.717) is 17.5 Å². The molecule has 0 amide bonds. The summed E-state index contributed by atoms with van der Waals surface area (Å²) in [6.45, 7) is 4.60. The van der Waals surface area contributed by atoms with Crippen molar-refractivity contribution in [3.63, 3.8) is 0 Å². The summed E-state index contributed by atoms with van der Waals surface area (Å²) in [5, 5.41) is 7.16. The summed E-state index contributed by atoms with van der Waals surface area (Å²) in [6, 6.07) is 66.8. The molecule has 0 atom stereocenters. The van der Waals surface area contributed by atoms with E-state index < -0.39 is 0 Å². The quantitative estimate of drug-likeness (QED) is 0.164. The minimum atomic E-state index is -0.141. The van der Waals surface area contributed by atoms with E-state index in [1.54, 1.807) is 0 Å². The van der Waals surface area contributed by atoms with Gasteiger partial charge in [-0.15, -0.1) is 0 Å². The number of nitrogens with zero attached hydrogens (tertiary/aromatic N) is 3. The summed E-state index contributed by atoms with van der Waals surface area (Å²) in [6.07, 6.45) is 0. The van der Waals surface area contributed by atoms with E-state index in [0.717, 1.165) is 55.3 Å². The van der Waals surface area contributed by atoms with Gasteiger partial charge in [-0.2, -0.15) is 0 Å². The molecule has 0 spiro atoms. The van der Waals surface area contributed by atoms with Crippen LogP contribution in [0.5, 0.6) is 0 Å². The first kappa shape index (κ1) is 34.4. The first-order valence-corrected chi connectivity index (χ1v) is 20.5. The molecule has 0 N–H and O–H groups in total. The van der Waals surface area contributed by atoms with E-state index in [1.165, 1.54) is 49.4 Å². The highest BCUT2D eigenvalue weighted by Crippen LogP contribution is 2.49. The normalized spacial score (nSPS) is 13.0. The Labute approximate surface area is 347 Å². The largest absolute Gasteiger partial charge is 0.456 e. The minimum Gasteiger partial charge on any atom is -0.456 e. The van der Waals surface area contributed by atoms with E-state index in [1.807, 2.05) is 18.2 Å². The highest BCUT2D eigenvalue weighted by atomic mass is 16.3. The number of benzene rings is 9. The Morgan fingerprint density at radius 1 is 0.350 bits per heavy atom. The van der Waals surface area contributed by atoms with Crippen LogP contribution in [0.25, 0.3) is 111 Å². The van der Waals surface area contributed by atoms with E-state index in [2.05, 4.69) is 184 Å². The molecule has 2 aromatic heterocycles. The summed E-state index contributed by atoms with van der Waals surface area (Å²) in [7, 11) is 0. The van der Waals surface area contributed by atoms with Crippen molar-refractivity contribution in [2.24, 2.45) is 0 Å². The van der Waals surface area contributed by atoms with E-state index in [9.17, 15) is 0 Å². The summed E-state index contributed by atoms with van der Waals surface area (Å²) in [5.41, 5.74) is 14.0. The number of furan rings is 1. The monoisotopic (exact) mass is 767 g/mol. The van der Waals surface area contributed by atoms with Gasteiger partial charge in [0.05, 0.1) is 0 Å². The number of hydrogen-bond donors (Lipinski definition) is 0. The Morgan fingerprint density at radius 2 is 0.933 bits per heavy atom. The molecular weight excluding hydrogens is 731 g/mol. The first-order chi connectivity index (χ1) is 29.5. The van der Waals surface area contributed by atoms with E-state index in [-0.39, 0.29) is 5.41 Å². The highest BCUT2D eigenvalue weighted by Gasteiger charge is 2.35. The Kier molecular flexibility index (Phi) is 7.54. The summed E-state index contributed by atoms with van der Waals surface area (Å²) >= 11 is 0. The maximum atomic E-state index is 6.51. The lowest BCUT2D eigenvalue weighted by molar-refractivity contribution is 0.660. The average Bonchev–Trinajstić information content (AvgIpc) is 3.80. The molecular formula is C56H37N3O. The minimum absolute atomic E-state index is 0.141. The molecule has 2 heterocycles. The molecule has 11 aromatic rings. The molecule has 0 saturated heterocycles. The summed E-state index contributed by atoms with van der Waals surface area (Å²) in [5.74, 6) is 1.91. The van der Waals surface area contributed by atoms with Gasteiger partial charge in [-0.1, -0.05) is 166 Å². The van der Waals surface area contributed by atoms with Gasteiger partial charge in [-0.05, 0) is 102 Å². The van der Waals surface area contributed by atoms with E-state index >= 15 is 0 Å². The third-order valence-electron chi connectivity index (χ3n) is 12.5.